The quantitative estimate of drug-likeness (QED) is 0.401. The predicted molar refractivity (Wildman–Crippen MR) is 119 cm³/mol. The van der Waals surface area contributed by atoms with Gasteiger partial charge < -0.3 is 24.4 Å². The number of Topliss-reactive ketones (excluding diaryl/α,β-unsaturated/α-hetero) is 1. The molecular formula is C23H25ClN2O5. The van der Waals surface area contributed by atoms with Crippen molar-refractivity contribution in [3.05, 3.63) is 64.2 Å². The van der Waals surface area contributed by atoms with Crippen molar-refractivity contribution < 1.29 is 24.2 Å². The maximum Gasteiger partial charge on any atom is 0.295 e. The van der Waals surface area contributed by atoms with E-state index >= 15 is 0 Å². The number of ketones is 1. The molecule has 1 aliphatic rings. The number of benzene rings is 2. The molecule has 0 saturated carbocycles. The highest BCUT2D eigenvalue weighted by Crippen LogP contribution is 2.45. The Balaban J connectivity index is 2.23. The molecule has 0 radical (unpaired) electrons. The number of halogens is 1. The van der Waals surface area contributed by atoms with Gasteiger partial charge in [-0.05, 0) is 44.4 Å². The van der Waals surface area contributed by atoms with E-state index in [1.165, 1.54) is 19.1 Å². The van der Waals surface area contributed by atoms with Gasteiger partial charge in [0.15, 0.2) is 11.5 Å². The van der Waals surface area contributed by atoms with E-state index < -0.39 is 17.7 Å². The molecule has 1 amide bonds. The Bertz CT molecular complexity index is 1020. The molecular weight excluding hydrogens is 420 g/mol. The van der Waals surface area contributed by atoms with Crippen molar-refractivity contribution in [1.82, 2.24) is 9.80 Å². The zero-order valence-electron chi connectivity index (χ0n) is 17.9. The summed E-state index contributed by atoms with van der Waals surface area (Å²) in [4.78, 5) is 29.4. The third kappa shape index (κ3) is 4.38. The molecule has 0 aliphatic carbocycles. The summed E-state index contributed by atoms with van der Waals surface area (Å²) in [6.45, 7) is 0.830. The smallest absolute Gasteiger partial charge is 0.295 e. The Morgan fingerprint density at radius 1 is 1.10 bits per heavy atom. The Kier molecular flexibility index (Phi) is 6.87. The highest BCUT2D eigenvalue weighted by Gasteiger charge is 2.47. The van der Waals surface area contributed by atoms with Crippen LogP contribution in [0, 0.1) is 0 Å². The fourth-order valence-corrected chi connectivity index (χ4v) is 3.76. The number of likely N-dealkylation sites (N-methyl/N-ethyl adjacent to an activating group) is 1. The molecule has 0 aromatic heterocycles. The molecule has 31 heavy (non-hydrogen) atoms. The molecule has 1 fully saturated rings. The average molecular weight is 445 g/mol. The summed E-state index contributed by atoms with van der Waals surface area (Å²) in [5.74, 6) is -0.830. The number of hydrogen-bond acceptors (Lipinski definition) is 6. The molecule has 0 spiro atoms. The topological polar surface area (TPSA) is 79.3 Å². The summed E-state index contributed by atoms with van der Waals surface area (Å²) in [6, 6.07) is 10.8. The van der Waals surface area contributed by atoms with E-state index in [-0.39, 0.29) is 11.3 Å². The Labute approximate surface area is 186 Å². The van der Waals surface area contributed by atoms with Crippen LogP contribution in [0.5, 0.6) is 11.5 Å². The summed E-state index contributed by atoms with van der Waals surface area (Å²) < 4.78 is 11.0. The fourth-order valence-electron chi connectivity index (χ4n) is 3.63. The minimum absolute atomic E-state index is 0.00219. The van der Waals surface area contributed by atoms with Crippen molar-refractivity contribution >= 4 is 29.1 Å². The van der Waals surface area contributed by atoms with Crippen molar-refractivity contribution in [3.8, 4) is 11.5 Å². The first-order valence-corrected chi connectivity index (χ1v) is 10.1. The van der Waals surface area contributed by atoms with Gasteiger partial charge in [0.25, 0.3) is 11.7 Å². The number of aliphatic hydroxyl groups excluding tert-OH is 1. The lowest BCUT2D eigenvalue weighted by molar-refractivity contribution is -0.140. The molecule has 1 N–H and O–H groups in total. The number of aliphatic hydroxyl groups is 1. The average Bonchev–Trinajstić information content (AvgIpc) is 3.01. The normalized spacial score (nSPS) is 18.0. The van der Waals surface area contributed by atoms with E-state index in [1.807, 2.05) is 19.0 Å². The summed E-state index contributed by atoms with van der Waals surface area (Å²) >= 11 is 5.96. The first-order valence-electron chi connectivity index (χ1n) is 9.70. The second-order valence-corrected chi connectivity index (χ2v) is 7.82. The van der Waals surface area contributed by atoms with Gasteiger partial charge in [0.1, 0.15) is 5.76 Å². The van der Waals surface area contributed by atoms with E-state index in [0.29, 0.717) is 40.7 Å². The zero-order valence-corrected chi connectivity index (χ0v) is 18.6. The van der Waals surface area contributed by atoms with E-state index in [2.05, 4.69) is 0 Å². The van der Waals surface area contributed by atoms with Crippen molar-refractivity contribution in [1.29, 1.82) is 0 Å². The Hall–Kier alpha value is -3.03. The van der Waals surface area contributed by atoms with Crippen molar-refractivity contribution in [2.24, 2.45) is 0 Å². The van der Waals surface area contributed by atoms with Gasteiger partial charge in [-0.1, -0.05) is 23.7 Å². The number of methoxy groups -OCH3 is 2. The Morgan fingerprint density at radius 2 is 1.77 bits per heavy atom. The lowest BCUT2D eigenvalue weighted by atomic mass is 9.94. The van der Waals surface area contributed by atoms with E-state index in [4.69, 9.17) is 21.1 Å². The number of likely N-dealkylation sites (tertiary alicyclic amines) is 1. The molecule has 1 aliphatic heterocycles. The van der Waals surface area contributed by atoms with Crippen molar-refractivity contribution in [3.63, 3.8) is 0 Å². The van der Waals surface area contributed by atoms with E-state index in [1.54, 1.807) is 42.5 Å². The maximum atomic E-state index is 13.1. The highest BCUT2D eigenvalue weighted by molar-refractivity contribution is 6.46. The van der Waals surface area contributed by atoms with Crippen molar-refractivity contribution in [2.75, 3.05) is 41.4 Å². The monoisotopic (exact) mass is 444 g/mol. The molecule has 1 heterocycles. The molecule has 1 atom stereocenters. The predicted octanol–water partition coefficient (Wildman–Crippen LogP) is 3.34. The van der Waals surface area contributed by atoms with E-state index in [0.717, 1.165) is 0 Å². The van der Waals surface area contributed by atoms with Crippen LogP contribution in [0.2, 0.25) is 5.02 Å². The maximum absolute atomic E-state index is 13.1. The zero-order chi connectivity index (χ0) is 22.7. The fraction of sp³-hybridized carbons (Fsp3) is 0.304. The molecule has 2 aromatic carbocycles. The number of ether oxygens (including phenoxy) is 2. The van der Waals surface area contributed by atoms with Crippen LogP contribution in [-0.2, 0) is 9.59 Å². The molecule has 8 heteroatoms. The second-order valence-electron chi connectivity index (χ2n) is 7.39. The largest absolute Gasteiger partial charge is 0.507 e. The number of hydrogen-bond donors (Lipinski definition) is 1. The van der Waals surface area contributed by atoms with Crippen LogP contribution in [0.1, 0.15) is 17.2 Å². The lowest BCUT2D eigenvalue weighted by Gasteiger charge is -2.28. The van der Waals surface area contributed by atoms with Crippen LogP contribution < -0.4 is 9.47 Å². The van der Waals surface area contributed by atoms with Gasteiger partial charge >= 0.3 is 0 Å². The lowest BCUT2D eigenvalue weighted by Crippen LogP contribution is -2.35. The summed E-state index contributed by atoms with van der Waals surface area (Å²) in [6.07, 6.45) is 0. The number of amides is 1. The molecule has 7 nitrogen and oxygen atoms in total. The third-order valence-corrected chi connectivity index (χ3v) is 5.43. The number of carbonyl (C=O) groups excluding carboxylic acids is 2. The number of para-hydroxylation sites is 1. The summed E-state index contributed by atoms with van der Waals surface area (Å²) in [7, 11) is 6.77. The van der Waals surface area contributed by atoms with Crippen LogP contribution in [0.4, 0.5) is 0 Å². The molecule has 3 rings (SSSR count). The first kappa shape index (κ1) is 22.7. The third-order valence-electron chi connectivity index (χ3n) is 5.17. The molecule has 0 bridgehead atoms. The molecule has 1 unspecified atom stereocenters. The van der Waals surface area contributed by atoms with E-state index in [9.17, 15) is 14.7 Å². The van der Waals surface area contributed by atoms with Gasteiger partial charge in [-0.3, -0.25) is 9.59 Å². The molecule has 2 aromatic rings. The minimum Gasteiger partial charge on any atom is -0.507 e. The van der Waals surface area contributed by atoms with Crippen LogP contribution in [-0.4, -0.2) is 68.0 Å². The summed E-state index contributed by atoms with van der Waals surface area (Å²) in [5, 5.41) is 11.6. The Morgan fingerprint density at radius 3 is 2.35 bits per heavy atom. The van der Waals surface area contributed by atoms with Gasteiger partial charge in [0.05, 0.1) is 25.8 Å². The van der Waals surface area contributed by atoms with Crippen LogP contribution >= 0.6 is 11.6 Å². The van der Waals surface area contributed by atoms with Gasteiger partial charge in [-0.15, -0.1) is 0 Å². The number of carbonyl (C=O) groups is 2. The van der Waals surface area contributed by atoms with Crippen LogP contribution in [0.3, 0.4) is 0 Å². The first-order chi connectivity index (χ1) is 14.8. The minimum atomic E-state index is -0.833. The van der Waals surface area contributed by atoms with Gasteiger partial charge in [-0.25, -0.2) is 0 Å². The van der Waals surface area contributed by atoms with Gasteiger partial charge in [0.2, 0.25) is 0 Å². The highest BCUT2D eigenvalue weighted by atomic mass is 35.5. The van der Waals surface area contributed by atoms with Crippen LogP contribution in [0.15, 0.2) is 48.0 Å². The van der Waals surface area contributed by atoms with Crippen molar-refractivity contribution in [2.45, 2.75) is 6.04 Å². The van der Waals surface area contributed by atoms with Crippen LogP contribution in [0.25, 0.3) is 5.76 Å². The van der Waals surface area contributed by atoms with Gasteiger partial charge in [0, 0.05) is 29.2 Å². The summed E-state index contributed by atoms with van der Waals surface area (Å²) in [5.41, 5.74) is 0.940. The SMILES string of the molecule is COc1cccc(C2/C(=C(/O)c3ccc(Cl)cc3)C(=O)C(=O)N2CCN(C)C)c1OC. The number of rotatable bonds is 7. The standard InChI is InChI=1S/C23H25ClN2O5/c1-25(2)12-13-26-19(16-6-5-7-17(30-3)22(16)31-4)18(21(28)23(26)29)20(27)14-8-10-15(24)11-9-14/h5-11,19,27H,12-13H2,1-4H3/b20-18-. The second kappa shape index (κ2) is 9.41. The molecule has 164 valence electrons. The van der Waals surface area contributed by atoms with Gasteiger partial charge in [-0.2, -0.15) is 0 Å². The number of nitrogens with zero attached hydrogens (tertiary/aromatic N) is 2. The molecule has 1 saturated heterocycles.